The van der Waals surface area contributed by atoms with Crippen LogP contribution in [-0.2, 0) is 9.59 Å². The highest BCUT2D eigenvalue weighted by Crippen LogP contribution is 2.46. The Kier molecular flexibility index (Phi) is 4.60. The number of halogens is 1. The van der Waals surface area contributed by atoms with Crippen LogP contribution in [0, 0.1) is 5.41 Å². The number of carbonyl (C=O) groups excluding carboxylic acids is 2. The molecule has 1 saturated carbocycles. The smallest absolute Gasteiger partial charge is 0.235 e. The minimum absolute atomic E-state index is 0.00694. The minimum atomic E-state index is -0.907. The zero-order chi connectivity index (χ0) is 16.4. The van der Waals surface area contributed by atoms with Crippen LogP contribution in [0.25, 0.3) is 0 Å². The lowest BCUT2D eigenvalue weighted by Crippen LogP contribution is -2.41. The lowest BCUT2D eigenvalue weighted by Gasteiger charge is -2.22. The van der Waals surface area contributed by atoms with E-state index < -0.39 is 11.5 Å². The van der Waals surface area contributed by atoms with Gasteiger partial charge in [-0.15, -0.1) is 0 Å². The molecule has 0 radical (unpaired) electrons. The summed E-state index contributed by atoms with van der Waals surface area (Å²) < 4.78 is 5.46. The van der Waals surface area contributed by atoms with Gasteiger partial charge in [0.15, 0.2) is 0 Å². The lowest BCUT2D eigenvalue weighted by atomic mass is 9.84. The summed E-state index contributed by atoms with van der Waals surface area (Å²) in [5, 5.41) is 10.7. The van der Waals surface area contributed by atoms with Crippen LogP contribution in [0.4, 0.5) is 0 Å². The molecule has 1 atom stereocenters. The molecule has 2 fully saturated rings. The van der Waals surface area contributed by atoms with Gasteiger partial charge < -0.3 is 9.84 Å². The highest BCUT2D eigenvalue weighted by Gasteiger charge is 2.52. The molecular formula is C17H20ClNO4. The highest BCUT2D eigenvalue weighted by atomic mass is 35.5. The maximum atomic E-state index is 12.5. The summed E-state index contributed by atoms with van der Waals surface area (Å²) in [6.07, 6.45) is 2.94. The number of rotatable bonds is 5. The number of benzene rings is 1. The molecule has 124 valence electrons. The van der Waals surface area contributed by atoms with Gasteiger partial charge in [-0.2, -0.15) is 0 Å². The molecule has 23 heavy (non-hydrogen) atoms. The zero-order valence-electron chi connectivity index (χ0n) is 12.8. The average Bonchev–Trinajstić information content (AvgIpc) is 3.08. The fourth-order valence-corrected chi connectivity index (χ4v) is 3.60. The molecule has 1 N–H and O–H groups in total. The number of imide groups is 1. The predicted molar refractivity (Wildman–Crippen MR) is 85.2 cm³/mol. The van der Waals surface area contributed by atoms with Crippen molar-refractivity contribution in [3.8, 4) is 5.75 Å². The Morgan fingerprint density at radius 3 is 2.52 bits per heavy atom. The van der Waals surface area contributed by atoms with E-state index in [1.54, 1.807) is 24.3 Å². The van der Waals surface area contributed by atoms with Crippen molar-refractivity contribution in [1.29, 1.82) is 0 Å². The first-order valence-electron chi connectivity index (χ1n) is 7.91. The van der Waals surface area contributed by atoms with Crippen molar-refractivity contribution in [3.63, 3.8) is 0 Å². The Hall–Kier alpha value is -1.59. The third kappa shape index (κ3) is 3.35. The van der Waals surface area contributed by atoms with E-state index in [9.17, 15) is 14.7 Å². The number of aliphatic hydroxyl groups is 1. The third-order valence-corrected chi connectivity index (χ3v) is 4.95. The summed E-state index contributed by atoms with van der Waals surface area (Å²) >= 11 is 5.79. The van der Waals surface area contributed by atoms with Gasteiger partial charge in [-0.3, -0.25) is 14.5 Å². The molecule has 0 bridgehead atoms. The van der Waals surface area contributed by atoms with Crippen molar-refractivity contribution in [2.45, 2.75) is 38.2 Å². The summed E-state index contributed by atoms with van der Waals surface area (Å²) in [5.74, 6) is 0.285. The van der Waals surface area contributed by atoms with Gasteiger partial charge in [0.2, 0.25) is 11.8 Å². The monoisotopic (exact) mass is 337 g/mol. The molecule has 6 heteroatoms. The normalized spacial score (nSPS) is 21.2. The predicted octanol–water partition coefficient (Wildman–Crippen LogP) is 2.40. The number of aliphatic hydroxyl groups excluding tert-OH is 1. The molecule has 1 aromatic carbocycles. The van der Waals surface area contributed by atoms with E-state index in [0.717, 1.165) is 25.7 Å². The maximum Gasteiger partial charge on any atom is 0.235 e. The second kappa shape index (κ2) is 6.49. The van der Waals surface area contributed by atoms with E-state index in [-0.39, 0.29) is 31.4 Å². The lowest BCUT2D eigenvalue weighted by molar-refractivity contribution is -0.143. The van der Waals surface area contributed by atoms with Crippen LogP contribution in [-0.4, -0.2) is 41.1 Å². The number of ether oxygens (including phenoxy) is 1. The minimum Gasteiger partial charge on any atom is -0.491 e. The van der Waals surface area contributed by atoms with Crippen molar-refractivity contribution in [2.75, 3.05) is 13.2 Å². The second-order valence-corrected chi connectivity index (χ2v) is 6.83. The summed E-state index contributed by atoms with van der Waals surface area (Å²) in [7, 11) is 0. The van der Waals surface area contributed by atoms with Crippen LogP contribution < -0.4 is 4.74 Å². The number of nitrogens with zero attached hydrogens (tertiary/aromatic N) is 1. The molecule has 1 aliphatic heterocycles. The van der Waals surface area contributed by atoms with Crippen molar-refractivity contribution >= 4 is 23.4 Å². The van der Waals surface area contributed by atoms with E-state index in [2.05, 4.69) is 0 Å². The molecule has 5 nitrogen and oxygen atoms in total. The topological polar surface area (TPSA) is 66.8 Å². The van der Waals surface area contributed by atoms with Gasteiger partial charge in [0, 0.05) is 11.4 Å². The quantitative estimate of drug-likeness (QED) is 0.838. The van der Waals surface area contributed by atoms with Crippen LogP contribution >= 0.6 is 11.6 Å². The Morgan fingerprint density at radius 2 is 1.87 bits per heavy atom. The van der Waals surface area contributed by atoms with Crippen LogP contribution in [0.2, 0.25) is 5.02 Å². The molecule has 1 heterocycles. The number of hydrogen-bond donors (Lipinski definition) is 1. The van der Waals surface area contributed by atoms with Gasteiger partial charge in [0.25, 0.3) is 0 Å². The first kappa shape index (κ1) is 16.3. The number of β-amino-alcohol motifs (C(OH)–C–C–N with tert-alkyl or cyclic N) is 1. The SMILES string of the molecule is O=C1CC2(CCCC2)C(=O)N1CC(O)COc1ccc(Cl)cc1. The first-order valence-corrected chi connectivity index (χ1v) is 8.29. The van der Waals surface area contributed by atoms with Gasteiger partial charge in [-0.25, -0.2) is 0 Å². The van der Waals surface area contributed by atoms with Gasteiger partial charge in [-0.1, -0.05) is 24.4 Å². The van der Waals surface area contributed by atoms with Crippen molar-refractivity contribution < 1.29 is 19.4 Å². The van der Waals surface area contributed by atoms with Gasteiger partial charge in [-0.05, 0) is 37.1 Å². The highest BCUT2D eigenvalue weighted by molar-refractivity contribution is 6.30. The molecule has 1 unspecified atom stereocenters. The van der Waals surface area contributed by atoms with E-state index in [4.69, 9.17) is 16.3 Å². The molecule has 2 amide bonds. The molecule has 1 aliphatic carbocycles. The molecule has 2 aliphatic rings. The van der Waals surface area contributed by atoms with Crippen molar-refractivity contribution in [3.05, 3.63) is 29.3 Å². The zero-order valence-corrected chi connectivity index (χ0v) is 13.6. The fraction of sp³-hybridized carbons (Fsp3) is 0.529. The van der Waals surface area contributed by atoms with Crippen molar-refractivity contribution in [2.24, 2.45) is 5.41 Å². The third-order valence-electron chi connectivity index (χ3n) is 4.70. The second-order valence-electron chi connectivity index (χ2n) is 6.39. The summed E-state index contributed by atoms with van der Waals surface area (Å²) in [6, 6.07) is 6.80. The Labute approximate surface area is 140 Å². The van der Waals surface area contributed by atoms with Crippen LogP contribution in [0.1, 0.15) is 32.1 Å². The number of hydrogen-bond acceptors (Lipinski definition) is 4. The molecule has 1 aromatic rings. The van der Waals surface area contributed by atoms with Gasteiger partial charge >= 0.3 is 0 Å². The molecular weight excluding hydrogens is 318 g/mol. The first-order chi connectivity index (χ1) is 11.0. The summed E-state index contributed by atoms with van der Waals surface area (Å²) in [4.78, 5) is 25.9. The fourth-order valence-electron chi connectivity index (χ4n) is 3.47. The van der Waals surface area contributed by atoms with Gasteiger partial charge in [0.05, 0.1) is 12.0 Å². The summed E-state index contributed by atoms with van der Waals surface area (Å²) in [6.45, 7) is 0.0126. The van der Waals surface area contributed by atoms with Gasteiger partial charge in [0.1, 0.15) is 18.5 Å². The van der Waals surface area contributed by atoms with Crippen LogP contribution in [0.15, 0.2) is 24.3 Å². The number of likely N-dealkylation sites (tertiary alicyclic amines) is 1. The Bertz CT molecular complexity index is 595. The number of carbonyl (C=O) groups is 2. The largest absolute Gasteiger partial charge is 0.491 e. The molecule has 1 saturated heterocycles. The standard InChI is InChI=1S/C17H20ClNO4/c18-12-3-5-14(6-4-12)23-11-13(20)10-19-15(21)9-17(16(19)22)7-1-2-8-17/h3-6,13,20H,1-2,7-11H2. The Morgan fingerprint density at radius 1 is 1.22 bits per heavy atom. The van der Waals surface area contributed by atoms with E-state index in [1.807, 2.05) is 0 Å². The molecule has 1 spiro atoms. The summed E-state index contributed by atoms with van der Waals surface area (Å²) in [5.41, 5.74) is -0.492. The van der Waals surface area contributed by atoms with E-state index in [1.165, 1.54) is 4.90 Å². The van der Waals surface area contributed by atoms with Crippen LogP contribution in [0.3, 0.4) is 0 Å². The molecule has 3 rings (SSSR count). The molecule has 0 aromatic heterocycles. The van der Waals surface area contributed by atoms with E-state index >= 15 is 0 Å². The van der Waals surface area contributed by atoms with E-state index in [0.29, 0.717) is 10.8 Å². The van der Waals surface area contributed by atoms with Crippen LogP contribution in [0.5, 0.6) is 5.75 Å². The van der Waals surface area contributed by atoms with Crippen molar-refractivity contribution in [1.82, 2.24) is 4.90 Å². The average molecular weight is 338 g/mol. The maximum absolute atomic E-state index is 12.5. The number of amides is 2. The Balaban J connectivity index is 1.55.